The number of fused-ring (bicyclic) bond motifs is 18. The van der Waals surface area contributed by atoms with Crippen molar-refractivity contribution in [2.75, 3.05) is 9.80 Å². The maximum absolute atomic E-state index is 7.47. The first-order valence-electron chi connectivity index (χ1n) is 24.1. The Bertz CT molecular complexity index is 4060. The van der Waals surface area contributed by atoms with E-state index in [1.807, 2.05) is 0 Å². The quantitative estimate of drug-likeness (QED) is 0.127. The van der Waals surface area contributed by atoms with Crippen LogP contribution in [0.5, 0.6) is 0 Å². The molecule has 0 unspecified atom stereocenters. The van der Waals surface area contributed by atoms with Gasteiger partial charge in [0.25, 0.3) is 6.71 Å². The standard InChI is InChI=1S/C64H49BN2O/c1-63(2,3)38-33-35-57-50(36-38)61-62(68-57)65-51-37-39(64(4,5)6)32-34-52(51)66(53-28-15-26-48-44-20-9-7-18-40(44)42-22-11-13-24-46(42)58(48)53)55-30-17-31-56(60(55)65)67(61)54-29-16-27-49-45-21-10-8-19-41(45)43-23-12-14-25-47(43)59(49)54/h7-37H,1-6H3. The van der Waals surface area contributed by atoms with Crippen LogP contribution >= 0.6 is 0 Å². The van der Waals surface area contributed by atoms with Crippen LogP contribution in [0, 0.1) is 0 Å². The summed E-state index contributed by atoms with van der Waals surface area (Å²) in [6.07, 6.45) is 0. The van der Waals surface area contributed by atoms with Crippen LogP contribution < -0.4 is 26.4 Å². The van der Waals surface area contributed by atoms with Crippen LogP contribution in [-0.4, -0.2) is 6.71 Å². The minimum atomic E-state index is -0.174. The van der Waals surface area contributed by atoms with E-state index < -0.39 is 0 Å². The molecule has 2 aliphatic heterocycles. The molecule has 0 spiro atoms. The van der Waals surface area contributed by atoms with Gasteiger partial charge >= 0.3 is 0 Å². The zero-order valence-corrected chi connectivity index (χ0v) is 39.3. The molecule has 68 heavy (non-hydrogen) atoms. The highest BCUT2D eigenvalue weighted by Crippen LogP contribution is 2.52. The Morgan fingerprint density at radius 3 is 1.26 bits per heavy atom. The molecule has 324 valence electrons. The first-order chi connectivity index (χ1) is 33.0. The normalized spacial score (nSPS) is 13.6. The van der Waals surface area contributed by atoms with Crippen molar-refractivity contribution in [2.45, 2.75) is 52.4 Å². The van der Waals surface area contributed by atoms with Crippen LogP contribution in [0.25, 0.3) is 75.6 Å². The molecular weight excluding hydrogens is 824 g/mol. The van der Waals surface area contributed by atoms with Crippen LogP contribution in [0.2, 0.25) is 0 Å². The minimum absolute atomic E-state index is 0.0645. The van der Waals surface area contributed by atoms with Gasteiger partial charge in [-0.15, -0.1) is 0 Å². The molecule has 2 aliphatic rings. The van der Waals surface area contributed by atoms with Crippen LogP contribution in [0.1, 0.15) is 52.7 Å². The zero-order chi connectivity index (χ0) is 45.8. The fourth-order valence-corrected chi connectivity index (χ4v) is 12.1. The maximum atomic E-state index is 7.47. The van der Waals surface area contributed by atoms with E-state index in [0.717, 1.165) is 33.7 Å². The third-order valence-corrected chi connectivity index (χ3v) is 15.3. The Balaban J connectivity index is 1.15. The highest BCUT2D eigenvalue weighted by molar-refractivity contribution is 7.00. The molecule has 0 N–H and O–H groups in total. The molecule has 0 saturated heterocycles. The highest BCUT2D eigenvalue weighted by Gasteiger charge is 2.47. The van der Waals surface area contributed by atoms with Crippen molar-refractivity contribution in [3.63, 3.8) is 0 Å². The van der Waals surface area contributed by atoms with Crippen molar-refractivity contribution in [3.05, 3.63) is 199 Å². The minimum Gasteiger partial charge on any atom is -0.468 e. The second-order valence-electron chi connectivity index (χ2n) is 21.2. The van der Waals surface area contributed by atoms with Crippen LogP contribution in [-0.2, 0) is 10.8 Å². The van der Waals surface area contributed by atoms with E-state index in [0.29, 0.717) is 0 Å². The zero-order valence-electron chi connectivity index (χ0n) is 39.3. The summed E-state index contributed by atoms with van der Waals surface area (Å²) in [6, 6.07) is 70.7. The molecular formula is C64H49BN2O. The Morgan fingerprint density at radius 2 is 0.750 bits per heavy atom. The fraction of sp³-hybridized carbons (Fsp3) is 0.125. The summed E-state index contributed by atoms with van der Waals surface area (Å²) < 4.78 is 7.47. The van der Waals surface area contributed by atoms with E-state index in [1.165, 1.54) is 104 Å². The van der Waals surface area contributed by atoms with Gasteiger partial charge in [-0.2, -0.15) is 0 Å². The van der Waals surface area contributed by atoms with Gasteiger partial charge in [-0.3, -0.25) is 0 Å². The van der Waals surface area contributed by atoms with Crippen molar-refractivity contribution in [1.29, 1.82) is 0 Å². The summed E-state index contributed by atoms with van der Waals surface area (Å²) >= 11 is 0. The Labute approximate surface area is 396 Å². The lowest BCUT2D eigenvalue weighted by Crippen LogP contribution is -2.61. The summed E-state index contributed by atoms with van der Waals surface area (Å²) in [6.45, 7) is 13.7. The molecule has 3 heterocycles. The lowest BCUT2D eigenvalue weighted by Gasteiger charge is -2.43. The second kappa shape index (κ2) is 13.9. The Hall–Kier alpha value is -7.82. The average Bonchev–Trinajstić information content (AvgIpc) is 3.74. The lowest BCUT2D eigenvalue weighted by molar-refractivity contribution is 0.590. The van der Waals surface area contributed by atoms with Crippen LogP contribution in [0.4, 0.5) is 34.1 Å². The van der Waals surface area contributed by atoms with Gasteiger partial charge in [-0.25, -0.2) is 0 Å². The van der Waals surface area contributed by atoms with Gasteiger partial charge in [-0.1, -0.05) is 187 Å². The number of furan rings is 1. The summed E-state index contributed by atoms with van der Waals surface area (Å²) in [7, 11) is 0. The number of rotatable bonds is 2. The Kier molecular flexibility index (Phi) is 8.03. The molecule has 12 aromatic rings. The summed E-state index contributed by atoms with van der Waals surface area (Å²) in [5, 5.41) is 16.2. The van der Waals surface area contributed by atoms with Crippen LogP contribution in [0.3, 0.4) is 0 Å². The maximum Gasteiger partial charge on any atom is 0.297 e. The number of hydrogen-bond acceptors (Lipinski definition) is 3. The third-order valence-electron chi connectivity index (χ3n) is 15.3. The summed E-state index contributed by atoms with van der Waals surface area (Å²) in [4.78, 5) is 5.16. The number of hydrogen-bond donors (Lipinski definition) is 0. The number of anilines is 6. The predicted molar refractivity (Wildman–Crippen MR) is 293 cm³/mol. The summed E-state index contributed by atoms with van der Waals surface area (Å²) in [5.74, 6) is 0. The van der Waals surface area contributed by atoms with Gasteiger partial charge in [0, 0.05) is 33.2 Å². The summed E-state index contributed by atoms with van der Waals surface area (Å²) in [5.41, 5.74) is 13.8. The predicted octanol–water partition coefficient (Wildman–Crippen LogP) is 16.0. The smallest absolute Gasteiger partial charge is 0.297 e. The molecule has 14 rings (SSSR count). The van der Waals surface area contributed by atoms with Gasteiger partial charge in [0.1, 0.15) is 5.58 Å². The molecule has 0 aliphatic carbocycles. The van der Waals surface area contributed by atoms with E-state index in [2.05, 4.69) is 239 Å². The molecule has 1 aromatic heterocycles. The molecule has 0 fully saturated rings. The first kappa shape index (κ1) is 39.4. The van der Waals surface area contributed by atoms with Crippen molar-refractivity contribution in [2.24, 2.45) is 0 Å². The third kappa shape index (κ3) is 5.37. The van der Waals surface area contributed by atoms with Crippen molar-refractivity contribution in [3.8, 4) is 0 Å². The molecule has 0 radical (unpaired) electrons. The topological polar surface area (TPSA) is 19.6 Å². The van der Waals surface area contributed by atoms with E-state index in [-0.39, 0.29) is 17.5 Å². The molecule has 0 atom stereocenters. The highest BCUT2D eigenvalue weighted by atomic mass is 16.3. The monoisotopic (exact) mass is 872 g/mol. The number of benzene rings is 11. The average molecular weight is 873 g/mol. The Morgan fingerprint density at radius 1 is 0.353 bits per heavy atom. The van der Waals surface area contributed by atoms with Crippen molar-refractivity contribution in [1.82, 2.24) is 0 Å². The SMILES string of the molecule is CC(C)(C)c1ccc2c(c1)B1c3oc4ccc(C(C)(C)C)cc4c3N(c3cccc4c5ccccc5c5ccccc5c34)c3cccc(c31)N2c1cccc2c3ccccc3c3ccccc3c12. The fourth-order valence-electron chi connectivity index (χ4n) is 12.1. The van der Waals surface area contributed by atoms with Crippen LogP contribution in [0.15, 0.2) is 192 Å². The largest absolute Gasteiger partial charge is 0.468 e. The lowest BCUT2D eigenvalue weighted by atomic mass is 9.35. The molecule has 0 saturated carbocycles. The van der Waals surface area contributed by atoms with Gasteiger partial charge < -0.3 is 14.2 Å². The van der Waals surface area contributed by atoms with E-state index in [9.17, 15) is 0 Å². The van der Waals surface area contributed by atoms with E-state index in [1.54, 1.807) is 0 Å². The van der Waals surface area contributed by atoms with Gasteiger partial charge in [-0.05, 0) is 129 Å². The van der Waals surface area contributed by atoms with Crippen molar-refractivity contribution < 1.29 is 4.42 Å². The van der Waals surface area contributed by atoms with Gasteiger partial charge in [0.05, 0.1) is 22.7 Å². The van der Waals surface area contributed by atoms with E-state index in [4.69, 9.17) is 4.42 Å². The van der Waals surface area contributed by atoms with Crippen molar-refractivity contribution >= 4 is 133 Å². The van der Waals surface area contributed by atoms with E-state index >= 15 is 0 Å². The molecule has 3 nitrogen and oxygen atoms in total. The molecule has 4 heteroatoms. The van der Waals surface area contributed by atoms with Gasteiger partial charge in [0.2, 0.25) is 0 Å². The first-order valence-corrected chi connectivity index (χ1v) is 24.1. The molecule has 11 aromatic carbocycles. The second-order valence-corrected chi connectivity index (χ2v) is 21.2. The number of nitrogens with zero attached hydrogens (tertiary/aromatic N) is 2. The molecule has 0 bridgehead atoms. The molecule has 0 amide bonds. The van der Waals surface area contributed by atoms with Gasteiger partial charge in [0.15, 0.2) is 0 Å².